The summed E-state index contributed by atoms with van der Waals surface area (Å²) in [5.74, 6) is -1.39. The molecule has 1 N–H and O–H groups in total. The smallest absolute Gasteiger partial charge is 0.350 e. The van der Waals surface area contributed by atoms with Crippen molar-refractivity contribution < 1.29 is 38.4 Å². The molecular formula is C33H30N2O8S. The number of aromatic nitrogens is 1. The van der Waals surface area contributed by atoms with E-state index >= 15 is 0 Å². The lowest BCUT2D eigenvalue weighted by Gasteiger charge is -2.24. The van der Waals surface area contributed by atoms with Gasteiger partial charge in [0.05, 0.1) is 38.6 Å². The predicted octanol–water partition coefficient (Wildman–Crippen LogP) is 5.77. The number of hydrogen-bond acceptors (Lipinski definition) is 10. The lowest BCUT2D eigenvalue weighted by molar-refractivity contribution is -0.132. The maximum Gasteiger partial charge on any atom is 0.350 e. The number of carbonyl (C=O) groups excluding carboxylic acids is 3. The first-order chi connectivity index (χ1) is 21.2. The maximum absolute atomic E-state index is 13.7. The molecule has 1 aliphatic heterocycles. The van der Waals surface area contributed by atoms with Crippen molar-refractivity contribution in [3.8, 4) is 17.2 Å². The summed E-state index contributed by atoms with van der Waals surface area (Å²) in [6, 6.07) is 18.6. The van der Waals surface area contributed by atoms with Crippen LogP contribution in [0.1, 0.15) is 43.7 Å². The Morgan fingerprint density at radius 1 is 0.932 bits per heavy atom. The van der Waals surface area contributed by atoms with Crippen LogP contribution >= 0.6 is 11.3 Å². The number of anilines is 1. The number of nitrogens with zero attached hydrogens (tertiary/aromatic N) is 2. The summed E-state index contributed by atoms with van der Waals surface area (Å²) in [4.78, 5) is 45.4. The predicted molar refractivity (Wildman–Crippen MR) is 164 cm³/mol. The molecule has 226 valence electrons. The van der Waals surface area contributed by atoms with Gasteiger partial charge in [0.1, 0.15) is 23.0 Å². The molecule has 11 heteroatoms. The average molecular weight is 615 g/mol. The lowest BCUT2D eigenvalue weighted by Crippen LogP contribution is -2.29. The van der Waals surface area contributed by atoms with Crippen LogP contribution in [0.15, 0.2) is 72.3 Å². The zero-order valence-electron chi connectivity index (χ0n) is 24.7. The third-order valence-electron chi connectivity index (χ3n) is 7.22. The van der Waals surface area contributed by atoms with Gasteiger partial charge in [-0.15, -0.1) is 0 Å². The Morgan fingerprint density at radius 2 is 1.64 bits per heavy atom. The minimum absolute atomic E-state index is 0.102. The highest BCUT2D eigenvalue weighted by atomic mass is 32.1. The van der Waals surface area contributed by atoms with Crippen molar-refractivity contribution in [3.05, 3.63) is 105 Å². The fourth-order valence-corrected chi connectivity index (χ4v) is 6.00. The number of methoxy groups -OCH3 is 3. The standard InChI is InChI=1S/C33H30N2O8S/c1-18-15-22(12-13-23(18)43-17-20-9-7-6-8-10-20)28(36)26-27(21-11-14-24(40-3)25(16-21)41-4)35(31(38)29(26)37)33-34-19(2)30(44-33)32(39)42-5/h6-16,27,36H,17H2,1-5H3/b28-26-. The summed E-state index contributed by atoms with van der Waals surface area (Å²) in [6.07, 6.45) is 0. The zero-order chi connectivity index (χ0) is 31.5. The number of thiazole rings is 1. The molecule has 0 spiro atoms. The minimum Gasteiger partial charge on any atom is -0.507 e. The number of aliphatic hydroxyl groups excluding tert-OH is 1. The zero-order valence-corrected chi connectivity index (χ0v) is 25.6. The molecule has 1 unspecified atom stereocenters. The van der Waals surface area contributed by atoms with Gasteiger partial charge in [0.15, 0.2) is 16.6 Å². The molecule has 4 aromatic rings. The van der Waals surface area contributed by atoms with Crippen LogP contribution in [0, 0.1) is 13.8 Å². The molecule has 10 nitrogen and oxygen atoms in total. The van der Waals surface area contributed by atoms with Crippen LogP contribution in [0.4, 0.5) is 5.13 Å². The number of aryl methyl sites for hydroxylation is 2. The fraction of sp³-hybridized carbons (Fsp3) is 0.212. The molecule has 2 heterocycles. The second-order valence-corrected chi connectivity index (χ2v) is 10.9. The third-order valence-corrected chi connectivity index (χ3v) is 8.35. The van der Waals surface area contributed by atoms with Gasteiger partial charge in [-0.05, 0) is 60.9 Å². The molecule has 5 rings (SSSR count). The molecule has 1 amide bonds. The first-order valence-corrected chi connectivity index (χ1v) is 14.4. The number of ketones is 1. The normalized spacial score (nSPS) is 15.8. The molecule has 1 aromatic heterocycles. The molecule has 44 heavy (non-hydrogen) atoms. The molecule has 0 saturated carbocycles. The number of hydrogen-bond donors (Lipinski definition) is 1. The number of Topliss-reactive ketones (excluding diaryl/α,β-unsaturated/α-hetero) is 1. The Bertz CT molecular complexity index is 1780. The van der Waals surface area contributed by atoms with Crippen LogP contribution in [0.25, 0.3) is 5.76 Å². The molecule has 1 aliphatic rings. The Morgan fingerprint density at radius 3 is 2.30 bits per heavy atom. The summed E-state index contributed by atoms with van der Waals surface area (Å²) in [7, 11) is 4.21. The van der Waals surface area contributed by atoms with Crippen LogP contribution in [0.5, 0.6) is 17.2 Å². The summed E-state index contributed by atoms with van der Waals surface area (Å²) < 4.78 is 21.7. The summed E-state index contributed by atoms with van der Waals surface area (Å²) in [5, 5.41) is 11.7. The van der Waals surface area contributed by atoms with E-state index in [1.54, 1.807) is 43.3 Å². The third kappa shape index (κ3) is 5.61. The van der Waals surface area contributed by atoms with E-state index in [1.807, 2.05) is 37.3 Å². The molecule has 1 saturated heterocycles. The van der Waals surface area contributed by atoms with Crippen LogP contribution < -0.4 is 19.1 Å². The van der Waals surface area contributed by atoms with E-state index in [4.69, 9.17) is 18.9 Å². The minimum atomic E-state index is -1.10. The van der Waals surface area contributed by atoms with Crippen molar-refractivity contribution >= 4 is 39.9 Å². The summed E-state index contributed by atoms with van der Waals surface area (Å²) in [6.45, 7) is 3.80. The number of rotatable bonds is 9. The number of amides is 1. The van der Waals surface area contributed by atoms with Crippen molar-refractivity contribution in [2.75, 3.05) is 26.2 Å². The monoisotopic (exact) mass is 614 g/mol. The van der Waals surface area contributed by atoms with Gasteiger partial charge in [0.2, 0.25) is 0 Å². The van der Waals surface area contributed by atoms with Gasteiger partial charge in [0, 0.05) is 5.56 Å². The van der Waals surface area contributed by atoms with Crippen molar-refractivity contribution in [3.63, 3.8) is 0 Å². The van der Waals surface area contributed by atoms with Gasteiger partial charge in [-0.2, -0.15) is 0 Å². The van der Waals surface area contributed by atoms with E-state index in [9.17, 15) is 19.5 Å². The largest absolute Gasteiger partial charge is 0.507 e. The number of carbonyl (C=O) groups is 3. The highest BCUT2D eigenvalue weighted by molar-refractivity contribution is 7.17. The highest BCUT2D eigenvalue weighted by Crippen LogP contribution is 2.45. The van der Waals surface area contributed by atoms with Crippen molar-refractivity contribution in [1.29, 1.82) is 0 Å². The summed E-state index contributed by atoms with van der Waals surface area (Å²) >= 11 is 0.919. The Kier molecular flexibility index (Phi) is 8.68. The summed E-state index contributed by atoms with van der Waals surface area (Å²) in [5.41, 5.74) is 2.69. The molecule has 1 fully saturated rings. The number of esters is 1. The van der Waals surface area contributed by atoms with Gasteiger partial charge in [-0.25, -0.2) is 9.78 Å². The average Bonchev–Trinajstić information content (AvgIpc) is 3.55. The van der Waals surface area contributed by atoms with Gasteiger partial charge in [-0.3, -0.25) is 14.5 Å². The molecule has 0 bridgehead atoms. The second-order valence-electron chi connectivity index (χ2n) is 9.94. The topological polar surface area (TPSA) is 124 Å². The van der Waals surface area contributed by atoms with Crippen LogP contribution in [-0.2, 0) is 20.9 Å². The van der Waals surface area contributed by atoms with E-state index in [2.05, 4.69) is 4.98 Å². The number of benzene rings is 3. The number of ether oxygens (including phenoxy) is 4. The van der Waals surface area contributed by atoms with E-state index in [0.717, 1.165) is 22.5 Å². The van der Waals surface area contributed by atoms with E-state index in [1.165, 1.54) is 26.2 Å². The van der Waals surface area contributed by atoms with Gasteiger partial charge in [-0.1, -0.05) is 47.7 Å². The molecule has 1 atom stereocenters. The second kappa shape index (κ2) is 12.6. The highest BCUT2D eigenvalue weighted by Gasteiger charge is 2.48. The first kappa shape index (κ1) is 30.3. The molecule has 0 radical (unpaired) electrons. The van der Waals surface area contributed by atoms with Crippen molar-refractivity contribution in [2.45, 2.75) is 26.5 Å². The van der Waals surface area contributed by atoms with E-state index in [0.29, 0.717) is 40.7 Å². The maximum atomic E-state index is 13.7. The van der Waals surface area contributed by atoms with E-state index < -0.39 is 23.7 Å². The van der Waals surface area contributed by atoms with Crippen molar-refractivity contribution in [1.82, 2.24) is 4.98 Å². The van der Waals surface area contributed by atoms with Crippen molar-refractivity contribution in [2.24, 2.45) is 0 Å². The fourth-order valence-electron chi connectivity index (χ4n) is 4.98. The Balaban J connectivity index is 1.61. The Hall–Kier alpha value is -5.16. The number of aliphatic hydroxyl groups is 1. The van der Waals surface area contributed by atoms with Crippen LogP contribution in [0.3, 0.4) is 0 Å². The Labute approximate surface area is 258 Å². The van der Waals surface area contributed by atoms with E-state index in [-0.39, 0.29) is 21.3 Å². The van der Waals surface area contributed by atoms with Gasteiger partial charge >= 0.3 is 11.9 Å². The van der Waals surface area contributed by atoms with Crippen LogP contribution in [-0.4, -0.2) is 49.1 Å². The quantitative estimate of drug-likeness (QED) is 0.108. The first-order valence-electron chi connectivity index (χ1n) is 13.5. The SMILES string of the molecule is COC(=O)c1sc(N2C(=O)C(=O)/C(=C(\O)c3ccc(OCc4ccccc4)c(C)c3)C2c2ccc(OC)c(OC)c2)nc1C. The molecule has 0 aliphatic carbocycles. The molecular weight excluding hydrogens is 584 g/mol. The lowest BCUT2D eigenvalue weighted by atomic mass is 9.94. The molecule has 3 aromatic carbocycles. The van der Waals surface area contributed by atoms with Gasteiger partial charge < -0.3 is 24.1 Å². The van der Waals surface area contributed by atoms with Crippen LogP contribution in [0.2, 0.25) is 0 Å². The van der Waals surface area contributed by atoms with Gasteiger partial charge in [0.25, 0.3) is 5.78 Å².